The van der Waals surface area contributed by atoms with E-state index in [2.05, 4.69) is 31.8 Å². The van der Waals surface area contributed by atoms with Gasteiger partial charge in [-0.05, 0) is 48.0 Å². The third kappa shape index (κ3) is 6.09. The number of carbonyl (C=O) groups excluding carboxylic acids is 2. The van der Waals surface area contributed by atoms with Crippen molar-refractivity contribution in [3.8, 4) is 11.5 Å². The van der Waals surface area contributed by atoms with Crippen molar-refractivity contribution in [1.82, 2.24) is 10.7 Å². The predicted octanol–water partition coefficient (Wildman–Crippen LogP) is 4.01. The average molecular weight is 537 g/mol. The number of hydrogen-bond acceptors (Lipinski definition) is 7. The van der Waals surface area contributed by atoms with Crippen molar-refractivity contribution >= 4 is 45.7 Å². The molecule has 0 atom stereocenters. The first-order valence-electron chi connectivity index (χ1n) is 10.2. The van der Waals surface area contributed by atoms with Crippen LogP contribution < -0.4 is 20.2 Å². The zero-order valence-corrected chi connectivity index (χ0v) is 19.5. The lowest BCUT2D eigenvalue weighted by atomic mass is 10.1. The van der Waals surface area contributed by atoms with Gasteiger partial charge in [-0.2, -0.15) is 5.10 Å². The third-order valence-electron chi connectivity index (χ3n) is 4.77. The van der Waals surface area contributed by atoms with Gasteiger partial charge in [-0.3, -0.25) is 19.7 Å². The standard InChI is InChI=1S/C24H17BrN4O6/c25-18-7-5-17(6-8-18)23(30)27-20(11-15-4-9-21-22(12-15)35-14-34-21)24(31)28-26-13-16-2-1-3-19(10-16)29(32)33/h1-13H,14H2,(H,27,30)(H,28,31)/b20-11+,26-13+. The fraction of sp³-hybridized carbons (Fsp3) is 0.0417. The molecule has 4 rings (SSSR count). The molecule has 0 aromatic heterocycles. The van der Waals surface area contributed by atoms with Gasteiger partial charge >= 0.3 is 0 Å². The number of nitrogens with zero attached hydrogens (tertiary/aromatic N) is 2. The summed E-state index contributed by atoms with van der Waals surface area (Å²) in [6, 6.07) is 17.5. The quantitative estimate of drug-likeness (QED) is 0.203. The van der Waals surface area contributed by atoms with Gasteiger partial charge in [0.1, 0.15) is 5.70 Å². The van der Waals surface area contributed by atoms with Crippen molar-refractivity contribution in [1.29, 1.82) is 0 Å². The average Bonchev–Trinajstić information content (AvgIpc) is 3.32. The second-order valence-corrected chi connectivity index (χ2v) is 8.10. The smallest absolute Gasteiger partial charge is 0.287 e. The molecule has 1 aliphatic rings. The van der Waals surface area contributed by atoms with Gasteiger partial charge in [0.15, 0.2) is 11.5 Å². The van der Waals surface area contributed by atoms with E-state index in [-0.39, 0.29) is 18.2 Å². The molecule has 176 valence electrons. The minimum Gasteiger partial charge on any atom is -0.454 e. The van der Waals surface area contributed by atoms with Gasteiger partial charge in [0.25, 0.3) is 17.5 Å². The maximum atomic E-state index is 12.9. The zero-order chi connectivity index (χ0) is 24.8. The highest BCUT2D eigenvalue weighted by Gasteiger charge is 2.17. The number of nitrogens with one attached hydrogen (secondary N) is 2. The number of amides is 2. The number of carbonyl (C=O) groups is 2. The molecule has 0 bridgehead atoms. The van der Waals surface area contributed by atoms with Gasteiger partial charge < -0.3 is 14.8 Å². The second-order valence-electron chi connectivity index (χ2n) is 7.18. The van der Waals surface area contributed by atoms with Crippen molar-refractivity contribution < 1.29 is 24.0 Å². The summed E-state index contributed by atoms with van der Waals surface area (Å²) in [5.74, 6) is -0.104. The lowest BCUT2D eigenvalue weighted by Gasteiger charge is -2.09. The molecule has 3 aromatic carbocycles. The number of nitro benzene ring substituents is 1. The van der Waals surface area contributed by atoms with Crippen LogP contribution in [-0.4, -0.2) is 29.7 Å². The number of hydrazone groups is 1. The van der Waals surface area contributed by atoms with E-state index in [1.54, 1.807) is 48.5 Å². The Morgan fingerprint density at radius 2 is 1.77 bits per heavy atom. The molecule has 0 radical (unpaired) electrons. The van der Waals surface area contributed by atoms with Gasteiger partial charge in [-0.1, -0.05) is 34.1 Å². The number of benzene rings is 3. The van der Waals surface area contributed by atoms with E-state index >= 15 is 0 Å². The van der Waals surface area contributed by atoms with Crippen LogP contribution in [0.2, 0.25) is 0 Å². The first-order valence-corrected chi connectivity index (χ1v) is 10.9. The largest absolute Gasteiger partial charge is 0.454 e. The van der Waals surface area contributed by atoms with Crippen LogP contribution in [0.15, 0.2) is 82.0 Å². The van der Waals surface area contributed by atoms with Crippen LogP contribution in [0.3, 0.4) is 0 Å². The summed E-state index contributed by atoms with van der Waals surface area (Å²) in [6.07, 6.45) is 2.73. The van der Waals surface area contributed by atoms with Crippen molar-refractivity contribution in [2.45, 2.75) is 0 Å². The maximum Gasteiger partial charge on any atom is 0.287 e. The molecule has 0 fully saturated rings. The summed E-state index contributed by atoms with van der Waals surface area (Å²) in [5, 5.41) is 17.4. The molecular formula is C24H17BrN4O6. The van der Waals surface area contributed by atoms with Gasteiger partial charge in [0.2, 0.25) is 6.79 Å². The molecule has 0 saturated heterocycles. The Labute approximate surface area is 207 Å². The molecule has 0 aliphatic carbocycles. The summed E-state index contributed by atoms with van der Waals surface area (Å²) < 4.78 is 11.5. The molecule has 11 heteroatoms. The Hall–Kier alpha value is -4.51. The molecule has 0 unspecified atom stereocenters. The Morgan fingerprint density at radius 3 is 2.54 bits per heavy atom. The number of rotatable bonds is 7. The number of non-ortho nitro benzene ring substituents is 1. The highest BCUT2D eigenvalue weighted by Crippen LogP contribution is 2.33. The van der Waals surface area contributed by atoms with E-state index in [0.29, 0.717) is 28.2 Å². The number of fused-ring (bicyclic) bond motifs is 1. The summed E-state index contributed by atoms with van der Waals surface area (Å²) in [6.45, 7) is 0.0997. The van der Waals surface area contributed by atoms with Crippen molar-refractivity contribution in [3.05, 3.63) is 104 Å². The van der Waals surface area contributed by atoms with E-state index in [0.717, 1.165) is 4.47 Å². The fourth-order valence-corrected chi connectivity index (χ4v) is 3.33. The SMILES string of the molecule is O=C(N/N=C/c1cccc([N+](=O)[O-])c1)/C(=C\c1ccc2c(c1)OCO2)NC(=O)c1ccc(Br)cc1. The highest BCUT2D eigenvalue weighted by atomic mass is 79.9. The summed E-state index contributed by atoms with van der Waals surface area (Å²) in [7, 11) is 0. The molecule has 10 nitrogen and oxygen atoms in total. The Bertz CT molecular complexity index is 1350. The van der Waals surface area contributed by atoms with Crippen LogP contribution in [0.4, 0.5) is 5.69 Å². The number of hydrogen-bond donors (Lipinski definition) is 2. The fourth-order valence-electron chi connectivity index (χ4n) is 3.07. The summed E-state index contributed by atoms with van der Waals surface area (Å²) in [5.41, 5.74) is 3.49. The molecule has 0 saturated carbocycles. The molecule has 2 N–H and O–H groups in total. The highest BCUT2D eigenvalue weighted by molar-refractivity contribution is 9.10. The predicted molar refractivity (Wildman–Crippen MR) is 131 cm³/mol. The third-order valence-corrected chi connectivity index (χ3v) is 5.30. The van der Waals surface area contributed by atoms with Crippen molar-refractivity contribution in [3.63, 3.8) is 0 Å². The molecule has 3 aromatic rings. The van der Waals surface area contributed by atoms with Crippen LogP contribution in [0.1, 0.15) is 21.5 Å². The summed E-state index contributed by atoms with van der Waals surface area (Å²) >= 11 is 3.31. The van der Waals surface area contributed by atoms with Crippen LogP contribution in [0.5, 0.6) is 11.5 Å². The Balaban J connectivity index is 1.56. The molecule has 1 aliphatic heterocycles. The topological polar surface area (TPSA) is 132 Å². The lowest BCUT2D eigenvalue weighted by molar-refractivity contribution is -0.384. The normalized spacial score (nSPS) is 12.4. The lowest BCUT2D eigenvalue weighted by Crippen LogP contribution is -2.32. The molecule has 1 heterocycles. The number of nitro groups is 1. The van der Waals surface area contributed by atoms with E-state index in [1.807, 2.05) is 0 Å². The molecular weight excluding hydrogens is 520 g/mol. The van der Waals surface area contributed by atoms with Crippen LogP contribution in [0, 0.1) is 10.1 Å². The number of ether oxygens (including phenoxy) is 2. The minimum absolute atomic E-state index is 0.0759. The van der Waals surface area contributed by atoms with E-state index in [4.69, 9.17) is 9.47 Å². The maximum absolute atomic E-state index is 12.9. The first kappa shape index (κ1) is 23.6. The zero-order valence-electron chi connectivity index (χ0n) is 17.9. The molecule has 0 spiro atoms. The summed E-state index contributed by atoms with van der Waals surface area (Å²) in [4.78, 5) is 36.0. The van der Waals surface area contributed by atoms with Crippen LogP contribution >= 0.6 is 15.9 Å². The first-order chi connectivity index (χ1) is 16.9. The van der Waals surface area contributed by atoms with E-state index in [1.165, 1.54) is 30.5 Å². The van der Waals surface area contributed by atoms with E-state index in [9.17, 15) is 19.7 Å². The number of halogens is 1. The molecule has 2 amide bonds. The van der Waals surface area contributed by atoms with Gasteiger partial charge in [0.05, 0.1) is 11.1 Å². The monoisotopic (exact) mass is 536 g/mol. The van der Waals surface area contributed by atoms with Crippen molar-refractivity contribution in [2.75, 3.05) is 6.79 Å². The van der Waals surface area contributed by atoms with Gasteiger partial charge in [0, 0.05) is 27.7 Å². The Kier molecular flexibility index (Phi) is 7.17. The second kappa shape index (κ2) is 10.6. The van der Waals surface area contributed by atoms with Crippen LogP contribution in [0.25, 0.3) is 6.08 Å². The molecule has 35 heavy (non-hydrogen) atoms. The van der Waals surface area contributed by atoms with E-state index < -0.39 is 16.7 Å². The van der Waals surface area contributed by atoms with Gasteiger partial charge in [-0.15, -0.1) is 0 Å². The van der Waals surface area contributed by atoms with Gasteiger partial charge in [-0.25, -0.2) is 5.43 Å². The minimum atomic E-state index is -0.699. The Morgan fingerprint density at radius 1 is 1.00 bits per heavy atom. The van der Waals surface area contributed by atoms with Crippen molar-refractivity contribution in [2.24, 2.45) is 5.10 Å². The van der Waals surface area contributed by atoms with Crippen LogP contribution in [-0.2, 0) is 4.79 Å².